The first-order valence-corrected chi connectivity index (χ1v) is 7.85. The molecule has 0 aliphatic carbocycles. The zero-order valence-corrected chi connectivity index (χ0v) is 13.1. The Morgan fingerprint density at radius 2 is 2.17 bits per heavy atom. The van der Waals surface area contributed by atoms with Crippen molar-refractivity contribution in [2.75, 3.05) is 5.73 Å². The molecule has 0 saturated heterocycles. The second-order valence-electron chi connectivity index (χ2n) is 5.09. The molecule has 4 N–H and O–H groups in total. The van der Waals surface area contributed by atoms with Crippen LogP contribution >= 0.6 is 11.3 Å². The minimum atomic E-state index is -0.292. The van der Waals surface area contributed by atoms with Crippen molar-refractivity contribution in [1.82, 2.24) is 15.0 Å². The lowest BCUT2D eigenvalue weighted by molar-refractivity contribution is 0.101. The summed E-state index contributed by atoms with van der Waals surface area (Å²) in [6.07, 6.45) is 2.50. The molecule has 3 rings (SSSR count). The van der Waals surface area contributed by atoms with Gasteiger partial charge in [-0.3, -0.25) is 14.6 Å². The molecule has 1 amide bonds. The van der Waals surface area contributed by atoms with Crippen molar-refractivity contribution in [3.63, 3.8) is 0 Å². The van der Waals surface area contributed by atoms with Crippen molar-refractivity contribution >= 4 is 40.9 Å². The molecule has 3 aromatic heterocycles. The van der Waals surface area contributed by atoms with Crippen molar-refractivity contribution in [1.29, 1.82) is 0 Å². The van der Waals surface area contributed by atoms with Gasteiger partial charge in [-0.15, -0.1) is 11.3 Å². The fourth-order valence-electron chi connectivity index (χ4n) is 2.38. The highest BCUT2D eigenvalue weighted by Gasteiger charge is 2.09. The largest absolute Gasteiger partial charge is 0.369 e. The van der Waals surface area contributed by atoms with E-state index in [-0.39, 0.29) is 17.4 Å². The van der Waals surface area contributed by atoms with Gasteiger partial charge in [-0.25, -0.2) is 4.99 Å². The Morgan fingerprint density at radius 3 is 2.96 bits per heavy atom. The predicted molar refractivity (Wildman–Crippen MR) is 91.4 cm³/mol. The number of fused-ring (bicyclic) bond motifs is 1. The van der Waals surface area contributed by atoms with Gasteiger partial charge in [0.05, 0.1) is 10.3 Å². The van der Waals surface area contributed by atoms with Gasteiger partial charge in [0.25, 0.3) is 11.5 Å². The molecule has 0 atom stereocenters. The molecule has 0 radical (unpaired) electrons. The Bertz CT molecular complexity index is 937. The summed E-state index contributed by atoms with van der Waals surface area (Å²) < 4.78 is 0. The van der Waals surface area contributed by atoms with Gasteiger partial charge in [0.15, 0.2) is 0 Å². The van der Waals surface area contributed by atoms with Gasteiger partial charge in [-0.2, -0.15) is 4.98 Å². The molecule has 0 fully saturated rings. The van der Waals surface area contributed by atoms with Crippen molar-refractivity contribution in [3.05, 3.63) is 44.0 Å². The summed E-state index contributed by atoms with van der Waals surface area (Å²) in [6, 6.07) is 5.50. The number of amides is 1. The average Bonchev–Trinajstić information content (AvgIpc) is 3.13. The molecule has 0 aromatic carbocycles. The van der Waals surface area contributed by atoms with Gasteiger partial charge in [-0.05, 0) is 44.2 Å². The van der Waals surface area contributed by atoms with E-state index in [4.69, 9.17) is 5.73 Å². The normalized spacial score (nSPS) is 11.0. The van der Waals surface area contributed by atoms with Crippen LogP contribution < -0.4 is 11.3 Å². The maximum atomic E-state index is 11.8. The van der Waals surface area contributed by atoms with Crippen molar-refractivity contribution in [3.8, 4) is 0 Å². The maximum absolute atomic E-state index is 11.8. The third kappa shape index (κ3) is 3.21. The number of aryl methyl sites for hydroxylation is 2. The molecule has 8 heteroatoms. The first-order chi connectivity index (χ1) is 11.1. The SMILES string of the molecule is C=NC(=O)c1ccc(CCCc2cc3c(=O)[nH]c(N)nc3[nH]2)s1. The molecule has 0 aliphatic heterocycles. The smallest absolute Gasteiger partial charge is 0.286 e. The molecule has 3 aromatic rings. The fourth-order valence-corrected chi connectivity index (χ4v) is 3.34. The molecule has 23 heavy (non-hydrogen) atoms. The monoisotopic (exact) mass is 329 g/mol. The van der Waals surface area contributed by atoms with E-state index in [9.17, 15) is 9.59 Å². The van der Waals surface area contributed by atoms with Crippen LogP contribution in [0.1, 0.15) is 26.7 Å². The predicted octanol–water partition coefficient (Wildman–Crippen LogP) is 1.91. The number of aliphatic imine (C=N–C) groups is 1. The number of anilines is 1. The number of aromatic nitrogens is 3. The summed E-state index contributed by atoms with van der Waals surface area (Å²) in [5, 5.41) is 0.510. The van der Waals surface area contributed by atoms with Crippen LogP contribution in [0, 0.1) is 0 Å². The number of rotatable bonds is 5. The number of carbonyl (C=O) groups is 1. The van der Waals surface area contributed by atoms with Crippen molar-refractivity contribution in [2.24, 2.45) is 4.99 Å². The summed E-state index contributed by atoms with van der Waals surface area (Å²) >= 11 is 1.43. The second-order valence-corrected chi connectivity index (χ2v) is 6.26. The zero-order valence-electron chi connectivity index (χ0n) is 12.3. The first kappa shape index (κ1) is 15.2. The number of nitrogen functional groups attached to an aromatic ring is 1. The van der Waals surface area contributed by atoms with Gasteiger partial charge in [0, 0.05) is 10.6 Å². The zero-order chi connectivity index (χ0) is 16.4. The van der Waals surface area contributed by atoms with Crippen LogP contribution in [-0.2, 0) is 12.8 Å². The highest BCUT2D eigenvalue weighted by Crippen LogP contribution is 2.20. The van der Waals surface area contributed by atoms with E-state index >= 15 is 0 Å². The lowest BCUT2D eigenvalue weighted by atomic mass is 10.1. The Balaban J connectivity index is 1.66. The molecule has 118 valence electrons. The van der Waals surface area contributed by atoms with Crippen LogP contribution in [0.15, 0.2) is 28.0 Å². The van der Waals surface area contributed by atoms with E-state index in [1.54, 1.807) is 12.1 Å². The molecule has 3 heterocycles. The fraction of sp³-hybridized carbons (Fsp3) is 0.200. The van der Waals surface area contributed by atoms with Crippen LogP contribution in [0.3, 0.4) is 0 Å². The van der Waals surface area contributed by atoms with Crippen LogP contribution in [0.5, 0.6) is 0 Å². The van der Waals surface area contributed by atoms with Crippen LogP contribution in [-0.4, -0.2) is 27.6 Å². The quantitative estimate of drug-likeness (QED) is 0.620. The average molecular weight is 329 g/mol. The minimum Gasteiger partial charge on any atom is -0.369 e. The van der Waals surface area contributed by atoms with Gasteiger partial charge in [0.1, 0.15) is 5.65 Å². The maximum Gasteiger partial charge on any atom is 0.286 e. The lowest BCUT2D eigenvalue weighted by Crippen LogP contribution is -2.09. The van der Waals surface area contributed by atoms with Crippen LogP contribution in [0.2, 0.25) is 0 Å². The molecule has 0 spiro atoms. The molecule has 0 unspecified atom stereocenters. The molecule has 7 nitrogen and oxygen atoms in total. The Labute approximate surface area is 135 Å². The third-order valence-corrected chi connectivity index (χ3v) is 4.59. The topological polar surface area (TPSA) is 117 Å². The second kappa shape index (κ2) is 6.17. The number of H-pyrrole nitrogens is 2. The number of nitrogens with zero attached hydrogens (tertiary/aromatic N) is 2. The van der Waals surface area contributed by atoms with Crippen LogP contribution in [0.4, 0.5) is 5.95 Å². The first-order valence-electron chi connectivity index (χ1n) is 7.04. The minimum absolute atomic E-state index is 0.0995. The molecule has 0 saturated carbocycles. The van der Waals surface area contributed by atoms with Crippen molar-refractivity contribution in [2.45, 2.75) is 19.3 Å². The number of nitrogens with one attached hydrogen (secondary N) is 2. The van der Waals surface area contributed by atoms with Crippen LogP contribution in [0.25, 0.3) is 11.0 Å². The molecular weight excluding hydrogens is 314 g/mol. The van der Waals surface area contributed by atoms with Gasteiger partial charge < -0.3 is 10.7 Å². The van der Waals surface area contributed by atoms with E-state index in [2.05, 4.69) is 26.7 Å². The summed E-state index contributed by atoms with van der Waals surface area (Å²) in [5.74, 6) is -0.192. The number of aromatic amines is 2. The Hall–Kier alpha value is -2.74. The third-order valence-electron chi connectivity index (χ3n) is 3.46. The van der Waals surface area contributed by atoms with Crippen molar-refractivity contribution < 1.29 is 4.79 Å². The summed E-state index contributed by atoms with van der Waals surface area (Å²) in [7, 11) is 0. The van der Waals surface area contributed by atoms with E-state index < -0.39 is 0 Å². The van der Waals surface area contributed by atoms with E-state index in [1.807, 2.05) is 6.07 Å². The van der Waals surface area contributed by atoms with E-state index in [0.717, 1.165) is 29.8 Å². The van der Waals surface area contributed by atoms with Gasteiger partial charge >= 0.3 is 0 Å². The van der Waals surface area contributed by atoms with Gasteiger partial charge in [0.2, 0.25) is 5.95 Å². The summed E-state index contributed by atoms with van der Waals surface area (Å²) in [4.78, 5) is 38.0. The highest BCUT2D eigenvalue weighted by molar-refractivity contribution is 7.14. The Morgan fingerprint density at radius 1 is 1.35 bits per heavy atom. The van der Waals surface area contributed by atoms with Gasteiger partial charge in [-0.1, -0.05) is 0 Å². The number of hydrogen-bond acceptors (Lipinski definition) is 5. The molecule has 0 aliphatic rings. The Kier molecular flexibility index (Phi) is 4.07. The number of nitrogens with two attached hydrogens (primary N) is 1. The number of thiophene rings is 1. The molecule has 0 bridgehead atoms. The van der Waals surface area contributed by atoms with E-state index in [0.29, 0.717) is 15.9 Å². The number of hydrogen-bond donors (Lipinski definition) is 3. The van der Waals surface area contributed by atoms with E-state index in [1.165, 1.54) is 11.3 Å². The lowest BCUT2D eigenvalue weighted by Gasteiger charge is -1.97. The summed E-state index contributed by atoms with van der Waals surface area (Å²) in [5.41, 5.74) is 6.72. The highest BCUT2D eigenvalue weighted by atomic mass is 32.1. The molecular formula is C15H15N5O2S. The standard InChI is InChI=1S/C15H15N5O2S/c1-17-14(22)11-6-5-9(23-11)4-2-3-8-7-10-12(18-8)19-15(16)20-13(10)21/h5-7H,1-4H2,(H4,16,18,19,20,21). The number of carbonyl (C=O) groups excluding carboxylic acids is 1. The summed E-state index contributed by atoms with van der Waals surface area (Å²) in [6.45, 7) is 3.24.